The molecule has 0 amide bonds. The zero-order valence-corrected chi connectivity index (χ0v) is 9.99. The van der Waals surface area contributed by atoms with Gasteiger partial charge in [0, 0.05) is 11.6 Å². The first-order chi connectivity index (χ1) is 7.62. The lowest BCUT2D eigenvalue weighted by Crippen LogP contribution is -2.27. The Hall–Kier alpha value is -1.26. The van der Waals surface area contributed by atoms with Crippen molar-refractivity contribution in [3.63, 3.8) is 0 Å². The van der Waals surface area contributed by atoms with Gasteiger partial charge in [-0.1, -0.05) is 0 Å². The SMILES string of the molecule is COc1cc(C)cc(OC)c1CC(N)CO. The molecule has 1 aromatic rings. The van der Waals surface area contributed by atoms with Crippen LogP contribution in [0.4, 0.5) is 0 Å². The Morgan fingerprint density at radius 2 is 1.75 bits per heavy atom. The molecule has 0 aliphatic carbocycles. The molecule has 0 spiro atoms. The molecule has 0 bridgehead atoms. The summed E-state index contributed by atoms with van der Waals surface area (Å²) in [6.45, 7) is 1.92. The number of aliphatic hydroxyl groups excluding tert-OH is 1. The predicted octanol–water partition coefficient (Wildman–Crippen LogP) is 0.874. The number of aliphatic hydroxyl groups is 1. The predicted molar refractivity (Wildman–Crippen MR) is 63.0 cm³/mol. The Morgan fingerprint density at radius 1 is 1.25 bits per heavy atom. The fourth-order valence-electron chi connectivity index (χ4n) is 1.64. The highest BCUT2D eigenvalue weighted by atomic mass is 16.5. The maximum absolute atomic E-state index is 8.97. The van der Waals surface area contributed by atoms with Crippen molar-refractivity contribution in [3.05, 3.63) is 23.3 Å². The van der Waals surface area contributed by atoms with Crippen molar-refractivity contribution in [1.29, 1.82) is 0 Å². The van der Waals surface area contributed by atoms with Crippen LogP contribution in [-0.4, -0.2) is 32.0 Å². The van der Waals surface area contributed by atoms with Gasteiger partial charge in [-0.05, 0) is 31.0 Å². The molecular formula is C12H19NO3. The maximum atomic E-state index is 8.97. The normalized spacial score (nSPS) is 12.3. The second-order valence-corrected chi connectivity index (χ2v) is 3.79. The fourth-order valence-corrected chi connectivity index (χ4v) is 1.64. The summed E-state index contributed by atoms with van der Waals surface area (Å²) in [5.74, 6) is 1.50. The van der Waals surface area contributed by atoms with E-state index in [9.17, 15) is 0 Å². The van der Waals surface area contributed by atoms with Crippen LogP contribution in [0.25, 0.3) is 0 Å². The summed E-state index contributed by atoms with van der Waals surface area (Å²) < 4.78 is 10.6. The van der Waals surface area contributed by atoms with Gasteiger partial charge in [0.25, 0.3) is 0 Å². The highest BCUT2D eigenvalue weighted by Crippen LogP contribution is 2.31. The first-order valence-corrected chi connectivity index (χ1v) is 5.20. The lowest BCUT2D eigenvalue weighted by atomic mass is 10.0. The minimum atomic E-state index is -0.300. The van der Waals surface area contributed by atoms with Crippen LogP contribution in [0.3, 0.4) is 0 Å². The van der Waals surface area contributed by atoms with Crippen LogP contribution >= 0.6 is 0 Å². The van der Waals surface area contributed by atoms with E-state index in [1.165, 1.54) is 0 Å². The fraction of sp³-hybridized carbons (Fsp3) is 0.500. The largest absolute Gasteiger partial charge is 0.496 e. The first-order valence-electron chi connectivity index (χ1n) is 5.20. The van der Waals surface area contributed by atoms with Gasteiger partial charge in [-0.25, -0.2) is 0 Å². The van der Waals surface area contributed by atoms with Crippen LogP contribution in [-0.2, 0) is 6.42 Å². The Bertz CT molecular complexity index is 327. The number of benzene rings is 1. The molecule has 0 saturated heterocycles. The molecular weight excluding hydrogens is 206 g/mol. The standard InChI is InChI=1S/C12H19NO3/c1-8-4-11(15-2)10(6-9(13)7-14)12(5-8)16-3/h4-5,9,14H,6-7,13H2,1-3H3. The number of methoxy groups -OCH3 is 2. The van der Waals surface area contributed by atoms with Gasteiger partial charge in [0.1, 0.15) is 11.5 Å². The van der Waals surface area contributed by atoms with Crippen LogP contribution in [0.2, 0.25) is 0 Å². The van der Waals surface area contributed by atoms with Crippen molar-refractivity contribution in [2.24, 2.45) is 5.73 Å². The number of aryl methyl sites for hydroxylation is 1. The zero-order valence-electron chi connectivity index (χ0n) is 9.99. The van der Waals surface area contributed by atoms with Crippen LogP contribution in [0.15, 0.2) is 12.1 Å². The van der Waals surface area contributed by atoms with Gasteiger partial charge in [0.2, 0.25) is 0 Å². The van der Waals surface area contributed by atoms with Crippen molar-refractivity contribution in [2.75, 3.05) is 20.8 Å². The quantitative estimate of drug-likeness (QED) is 0.780. The summed E-state index contributed by atoms with van der Waals surface area (Å²) in [5.41, 5.74) is 7.69. The van der Waals surface area contributed by atoms with Gasteiger partial charge in [0.15, 0.2) is 0 Å². The van der Waals surface area contributed by atoms with E-state index in [1.54, 1.807) is 14.2 Å². The number of nitrogens with two attached hydrogens (primary N) is 1. The van der Waals surface area contributed by atoms with Crippen LogP contribution in [0.5, 0.6) is 11.5 Å². The number of rotatable bonds is 5. The average Bonchev–Trinajstić information content (AvgIpc) is 2.30. The highest BCUT2D eigenvalue weighted by molar-refractivity contribution is 5.48. The number of hydrogen-bond donors (Lipinski definition) is 2. The molecule has 0 fully saturated rings. The van der Waals surface area contributed by atoms with Crippen molar-refractivity contribution in [1.82, 2.24) is 0 Å². The summed E-state index contributed by atoms with van der Waals surface area (Å²) >= 11 is 0. The summed E-state index contributed by atoms with van der Waals surface area (Å²) in [6, 6.07) is 3.56. The summed E-state index contributed by atoms with van der Waals surface area (Å²) in [4.78, 5) is 0. The van der Waals surface area contributed by atoms with E-state index in [4.69, 9.17) is 20.3 Å². The van der Waals surface area contributed by atoms with E-state index in [0.717, 1.165) is 22.6 Å². The van der Waals surface area contributed by atoms with Gasteiger partial charge in [-0.15, -0.1) is 0 Å². The smallest absolute Gasteiger partial charge is 0.126 e. The van der Waals surface area contributed by atoms with E-state index < -0.39 is 0 Å². The Kier molecular flexibility index (Phi) is 4.58. The van der Waals surface area contributed by atoms with E-state index in [0.29, 0.717) is 6.42 Å². The van der Waals surface area contributed by atoms with E-state index >= 15 is 0 Å². The van der Waals surface area contributed by atoms with Crippen molar-refractivity contribution in [2.45, 2.75) is 19.4 Å². The molecule has 1 rings (SSSR count). The topological polar surface area (TPSA) is 64.7 Å². The molecule has 0 aliphatic heterocycles. The molecule has 90 valence electrons. The minimum Gasteiger partial charge on any atom is -0.496 e. The molecule has 0 heterocycles. The first kappa shape index (κ1) is 12.8. The third-order valence-corrected chi connectivity index (χ3v) is 2.45. The van der Waals surface area contributed by atoms with Crippen molar-refractivity contribution < 1.29 is 14.6 Å². The molecule has 1 aromatic carbocycles. The molecule has 4 nitrogen and oxygen atoms in total. The van der Waals surface area contributed by atoms with Gasteiger partial charge < -0.3 is 20.3 Å². The molecule has 1 atom stereocenters. The maximum Gasteiger partial charge on any atom is 0.126 e. The molecule has 0 saturated carbocycles. The highest BCUT2D eigenvalue weighted by Gasteiger charge is 2.14. The van der Waals surface area contributed by atoms with Crippen LogP contribution < -0.4 is 15.2 Å². The molecule has 4 heteroatoms. The lowest BCUT2D eigenvalue weighted by molar-refractivity contribution is 0.263. The molecule has 1 unspecified atom stereocenters. The molecule has 0 radical (unpaired) electrons. The Balaban J connectivity index is 3.11. The molecule has 0 aliphatic rings. The van der Waals surface area contributed by atoms with E-state index in [-0.39, 0.29) is 12.6 Å². The summed E-state index contributed by atoms with van der Waals surface area (Å²) in [6.07, 6.45) is 0.531. The molecule has 16 heavy (non-hydrogen) atoms. The zero-order chi connectivity index (χ0) is 12.1. The van der Waals surface area contributed by atoms with Crippen molar-refractivity contribution in [3.8, 4) is 11.5 Å². The van der Waals surface area contributed by atoms with Gasteiger partial charge in [0.05, 0.1) is 20.8 Å². The number of hydrogen-bond acceptors (Lipinski definition) is 4. The molecule has 0 aromatic heterocycles. The van der Waals surface area contributed by atoms with Crippen molar-refractivity contribution >= 4 is 0 Å². The van der Waals surface area contributed by atoms with Crippen LogP contribution in [0, 0.1) is 6.92 Å². The lowest BCUT2D eigenvalue weighted by Gasteiger charge is -2.16. The van der Waals surface area contributed by atoms with Gasteiger partial charge >= 0.3 is 0 Å². The minimum absolute atomic E-state index is 0.0554. The summed E-state index contributed by atoms with van der Waals surface area (Å²) in [7, 11) is 3.23. The number of ether oxygens (including phenoxy) is 2. The monoisotopic (exact) mass is 225 g/mol. The Labute approximate surface area is 96.0 Å². The third-order valence-electron chi connectivity index (χ3n) is 2.45. The van der Waals surface area contributed by atoms with E-state index in [2.05, 4.69) is 0 Å². The van der Waals surface area contributed by atoms with E-state index in [1.807, 2.05) is 19.1 Å². The van der Waals surface area contributed by atoms with Gasteiger partial charge in [-0.3, -0.25) is 0 Å². The summed E-state index contributed by atoms with van der Waals surface area (Å²) in [5, 5.41) is 8.97. The third kappa shape index (κ3) is 2.87. The van der Waals surface area contributed by atoms with Crippen LogP contribution in [0.1, 0.15) is 11.1 Å². The average molecular weight is 225 g/mol. The second kappa shape index (κ2) is 5.72. The van der Waals surface area contributed by atoms with Gasteiger partial charge in [-0.2, -0.15) is 0 Å². The second-order valence-electron chi connectivity index (χ2n) is 3.79. The molecule has 3 N–H and O–H groups in total. The Morgan fingerprint density at radius 3 is 2.12 bits per heavy atom.